The summed E-state index contributed by atoms with van der Waals surface area (Å²) in [5.74, 6) is -0.672. The number of methoxy groups -OCH3 is 2. The molecular formula is C22H20O4. The molecule has 0 aliphatic heterocycles. The number of rotatable bonds is 5. The lowest BCUT2D eigenvalue weighted by molar-refractivity contribution is -0.140. The molecular weight excluding hydrogens is 328 g/mol. The van der Waals surface area contributed by atoms with E-state index in [1.807, 2.05) is 60.7 Å². The van der Waals surface area contributed by atoms with Crippen LogP contribution in [-0.4, -0.2) is 26.2 Å². The van der Waals surface area contributed by atoms with Crippen LogP contribution in [0.25, 0.3) is 21.9 Å². The molecule has 4 heteroatoms. The molecule has 0 saturated heterocycles. The highest BCUT2D eigenvalue weighted by atomic mass is 16.5. The second kappa shape index (κ2) is 7.83. The van der Waals surface area contributed by atoms with Crippen molar-refractivity contribution < 1.29 is 19.1 Å². The zero-order chi connectivity index (χ0) is 18.5. The third-order valence-electron chi connectivity index (χ3n) is 4.42. The van der Waals surface area contributed by atoms with Gasteiger partial charge in [0.05, 0.1) is 19.8 Å². The summed E-state index contributed by atoms with van der Waals surface area (Å²) >= 11 is 0. The molecule has 0 aliphatic carbocycles. The van der Waals surface area contributed by atoms with Gasteiger partial charge in [-0.25, -0.2) is 4.79 Å². The van der Waals surface area contributed by atoms with Crippen molar-refractivity contribution in [1.82, 2.24) is 0 Å². The molecule has 3 aromatic carbocycles. The van der Waals surface area contributed by atoms with Crippen LogP contribution in [0, 0.1) is 0 Å². The van der Waals surface area contributed by atoms with Gasteiger partial charge in [0, 0.05) is 12.0 Å². The van der Waals surface area contributed by atoms with E-state index in [0.717, 1.165) is 27.5 Å². The fourth-order valence-electron chi connectivity index (χ4n) is 3.18. The standard InChI is InChI=1S/C22H20O4/c1-25-20(23)13-12-16-14-19(22(24)26-2)21(15-8-4-3-5-9-15)18-11-7-6-10-17(16)18/h3-11,14H,12-13H2,1-2H3. The first-order valence-corrected chi connectivity index (χ1v) is 8.41. The summed E-state index contributed by atoms with van der Waals surface area (Å²) in [6.45, 7) is 0. The maximum atomic E-state index is 12.5. The van der Waals surface area contributed by atoms with Crippen molar-refractivity contribution in [3.05, 3.63) is 71.8 Å². The first kappa shape index (κ1) is 17.7. The van der Waals surface area contributed by atoms with E-state index in [0.29, 0.717) is 12.0 Å². The van der Waals surface area contributed by atoms with Crippen LogP contribution in [0.4, 0.5) is 0 Å². The van der Waals surface area contributed by atoms with Crippen LogP contribution >= 0.6 is 0 Å². The Hall–Kier alpha value is -3.14. The molecule has 0 amide bonds. The van der Waals surface area contributed by atoms with Gasteiger partial charge in [-0.1, -0.05) is 54.6 Å². The molecule has 0 heterocycles. The Morgan fingerprint density at radius 2 is 1.50 bits per heavy atom. The number of fused-ring (bicyclic) bond motifs is 1. The Morgan fingerprint density at radius 1 is 0.846 bits per heavy atom. The number of carbonyl (C=O) groups is 2. The predicted octanol–water partition coefficient (Wildman–Crippen LogP) is 4.40. The van der Waals surface area contributed by atoms with Crippen molar-refractivity contribution in [2.75, 3.05) is 14.2 Å². The van der Waals surface area contributed by atoms with Gasteiger partial charge < -0.3 is 9.47 Å². The van der Waals surface area contributed by atoms with E-state index in [1.165, 1.54) is 14.2 Å². The van der Waals surface area contributed by atoms with Gasteiger partial charge in [0.2, 0.25) is 0 Å². The van der Waals surface area contributed by atoms with Gasteiger partial charge in [-0.3, -0.25) is 4.79 Å². The van der Waals surface area contributed by atoms with Crippen LogP contribution in [0.15, 0.2) is 60.7 Å². The van der Waals surface area contributed by atoms with E-state index in [1.54, 1.807) is 0 Å². The van der Waals surface area contributed by atoms with Gasteiger partial charge in [0.1, 0.15) is 0 Å². The lowest BCUT2D eigenvalue weighted by atomic mass is 9.89. The number of benzene rings is 3. The van der Waals surface area contributed by atoms with Gasteiger partial charge in [-0.15, -0.1) is 0 Å². The largest absolute Gasteiger partial charge is 0.469 e. The second-order valence-electron chi connectivity index (χ2n) is 5.94. The minimum atomic E-state index is -0.395. The summed E-state index contributed by atoms with van der Waals surface area (Å²) < 4.78 is 9.76. The fourth-order valence-corrected chi connectivity index (χ4v) is 3.18. The summed E-state index contributed by atoms with van der Waals surface area (Å²) in [5, 5.41) is 1.98. The number of ether oxygens (including phenoxy) is 2. The lowest BCUT2D eigenvalue weighted by Crippen LogP contribution is -2.07. The molecule has 0 saturated carbocycles. The van der Waals surface area contributed by atoms with Crippen LogP contribution in [0.5, 0.6) is 0 Å². The summed E-state index contributed by atoms with van der Waals surface area (Å²) in [6, 6.07) is 19.5. The van der Waals surface area contributed by atoms with Crippen LogP contribution in [0.3, 0.4) is 0 Å². The first-order valence-electron chi connectivity index (χ1n) is 8.41. The summed E-state index contributed by atoms with van der Waals surface area (Å²) in [5.41, 5.74) is 3.21. The van der Waals surface area contributed by atoms with Crippen molar-refractivity contribution >= 4 is 22.7 Å². The Bertz CT molecular complexity index is 945. The highest BCUT2D eigenvalue weighted by molar-refractivity contribution is 6.09. The van der Waals surface area contributed by atoms with Crippen molar-refractivity contribution in [1.29, 1.82) is 0 Å². The van der Waals surface area contributed by atoms with Gasteiger partial charge in [0.25, 0.3) is 0 Å². The van der Waals surface area contributed by atoms with E-state index in [2.05, 4.69) is 0 Å². The third-order valence-corrected chi connectivity index (χ3v) is 4.42. The number of hydrogen-bond acceptors (Lipinski definition) is 4. The summed E-state index contributed by atoms with van der Waals surface area (Å²) in [6.07, 6.45) is 0.748. The molecule has 0 atom stereocenters. The van der Waals surface area contributed by atoms with Gasteiger partial charge in [-0.2, -0.15) is 0 Å². The second-order valence-corrected chi connectivity index (χ2v) is 5.94. The zero-order valence-electron chi connectivity index (χ0n) is 14.8. The monoisotopic (exact) mass is 348 g/mol. The predicted molar refractivity (Wildman–Crippen MR) is 101 cm³/mol. The number of esters is 2. The fraction of sp³-hybridized carbons (Fsp3) is 0.182. The minimum absolute atomic E-state index is 0.256. The third kappa shape index (κ3) is 3.45. The van der Waals surface area contributed by atoms with Crippen molar-refractivity contribution in [2.24, 2.45) is 0 Å². The number of hydrogen-bond donors (Lipinski definition) is 0. The molecule has 0 fully saturated rings. The molecule has 0 aromatic heterocycles. The van der Waals surface area contributed by atoms with E-state index >= 15 is 0 Å². The molecule has 3 aromatic rings. The molecule has 26 heavy (non-hydrogen) atoms. The van der Waals surface area contributed by atoms with Gasteiger partial charge >= 0.3 is 11.9 Å². The molecule has 0 radical (unpaired) electrons. The maximum absolute atomic E-state index is 12.5. The number of carbonyl (C=O) groups excluding carboxylic acids is 2. The normalized spacial score (nSPS) is 10.5. The van der Waals surface area contributed by atoms with Crippen LogP contribution < -0.4 is 0 Å². The first-order chi connectivity index (χ1) is 12.7. The lowest BCUT2D eigenvalue weighted by Gasteiger charge is -2.16. The smallest absolute Gasteiger partial charge is 0.338 e. The van der Waals surface area contributed by atoms with E-state index in [-0.39, 0.29) is 12.4 Å². The van der Waals surface area contributed by atoms with Crippen molar-refractivity contribution in [3.8, 4) is 11.1 Å². The summed E-state index contributed by atoms with van der Waals surface area (Å²) in [4.78, 5) is 24.1. The highest BCUT2D eigenvalue weighted by Crippen LogP contribution is 2.35. The van der Waals surface area contributed by atoms with E-state index < -0.39 is 5.97 Å². The van der Waals surface area contributed by atoms with Crippen LogP contribution in [-0.2, 0) is 20.7 Å². The SMILES string of the molecule is COC(=O)CCc1cc(C(=O)OC)c(-c2ccccc2)c2ccccc12. The van der Waals surface area contributed by atoms with E-state index in [9.17, 15) is 9.59 Å². The van der Waals surface area contributed by atoms with E-state index in [4.69, 9.17) is 9.47 Å². The van der Waals surface area contributed by atoms with Crippen LogP contribution in [0.2, 0.25) is 0 Å². The Balaban J connectivity index is 2.25. The Labute approximate surface area is 152 Å². The average Bonchev–Trinajstić information content (AvgIpc) is 2.71. The van der Waals surface area contributed by atoms with Crippen molar-refractivity contribution in [2.45, 2.75) is 12.8 Å². The molecule has 0 N–H and O–H groups in total. The maximum Gasteiger partial charge on any atom is 0.338 e. The molecule has 0 aliphatic rings. The van der Waals surface area contributed by atoms with Crippen molar-refractivity contribution in [3.63, 3.8) is 0 Å². The Morgan fingerprint density at radius 3 is 2.15 bits per heavy atom. The Kier molecular flexibility index (Phi) is 5.32. The minimum Gasteiger partial charge on any atom is -0.469 e. The highest BCUT2D eigenvalue weighted by Gasteiger charge is 2.19. The quantitative estimate of drug-likeness (QED) is 0.641. The summed E-state index contributed by atoms with van der Waals surface area (Å²) in [7, 11) is 2.75. The van der Waals surface area contributed by atoms with Crippen LogP contribution in [0.1, 0.15) is 22.3 Å². The van der Waals surface area contributed by atoms with Gasteiger partial charge in [-0.05, 0) is 34.4 Å². The molecule has 132 valence electrons. The van der Waals surface area contributed by atoms with Gasteiger partial charge in [0.15, 0.2) is 0 Å². The topological polar surface area (TPSA) is 52.6 Å². The molecule has 0 spiro atoms. The number of aryl methyl sites for hydroxylation is 1. The zero-order valence-corrected chi connectivity index (χ0v) is 14.8. The average molecular weight is 348 g/mol. The molecule has 0 bridgehead atoms. The molecule has 0 unspecified atom stereocenters. The molecule has 4 nitrogen and oxygen atoms in total. The molecule has 3 rings (SSSR count).